The van der Waals surface area contributed by atoms with Crippen LogP contribution in [0.2, 0.25) is 0 Å². The molecule has 0 heterocycles. The Balaban J connectivity index is 2.46. The summed E-state index contributed by atoms with van der Waals surface area (Å²) in [5.74, 6) is 1.72. The van der Waals surface area contributed by atoms with Crippen LogP contribution in [0.15, 0.2) is 31.2 Å². The lowest BCUT2D eigenvalue weighted by atomic mass is 10.1. The molecule has 0 amide bonds. The highest BCUT2D eigenvalue weighted by Crippen LogP contribution is 2.34. The zero-order chi connectivity index (χ0) is 19.4. The van der Waals surface area contributed by atoms with Crippen molar-refractivity contribution in [3.05, 3.63) is 31.6 Å². The third kappa shape index (κ3) is 9.97. The monoisotopic (exact) mass is 553 g/mol. The molecule has 26 heavy (non-hydrogen) atoms. The number of halogens is 3. The van der Waals surface area contributed by atoms with Gasteiger partial charge in [-0.2, -0.15) is 0 Å². The second-order valence-electron chi connectivity index (χ2n) is 5.83. The molecule has 4 nitrogen and oxygen atoms in total. The van der Waals surface area contributed by atoms with Crippen LogP contribution in [0, 0.1) is 0 Å². The second kappa shape index (κ2) is 13.6. The number of aryl methyl sites for hydroxylation is 1. The highest BCUT2D eigenvalue weighted by molar-refractivity contribution is 9.28. The van der Waals surface area contributed by atoms with Gasteiger partial charge in [0.1, 0.15) is 24.7 Å². The van der Waals surface area contributed by atoms with E-state index in [1.54, 1.807) is 0 Å². The first kappa shape index (κ1) is 23.5. The SMILES string of the molecule is CCc1cc(OCC=C(Br)Br)cc(Br)c1OCCCCCON=C(C)C. The van der Waals surface area contributed by atoms with Crippen LogP contribution in [0.5, 0.6) is 11.5 Å². The first-order valence-electron chi connectivity index (χ1n) is 8.66. The minimum atomic E-state index is 0.491. The quantitative estimate of drug-likeness (QED) is 0.159. The van der Waals surface area contributed by atoms with Crippen LogP contribution in [0.25, 0.3) is 0 Å². The van der Waals surface area contributed by atoms with Crippen LogP contribution in [-0.4, -0.2) is 25.5 Å². The van der Waals surface area contributed by atoms with E-state index in [4.69, 9.17) is 14.3 Å². The molecule has 0 atom stereocenters. The maximum Gasteiger partial charge on any atom is 0.136 e. The number of benzene rings is 1. The molecule has 0 aliphatic rings. The molecule has 0 N–H and O–H groups in total. The molecule has 0 aliphatic heterocycles. The third-order valence-electron chi connectivity index (χ3n) is 3.34. The topological polar surface area (TPSA) is 40.0 Å². The molecule has 0 aliphatic carbocycles. The summed E-state index contributed by atoms with van der Waals surface area (Å²) in [4.78, 5) is 5.19. The van der Waals surface area contributed by atoms with Crippen molar-refractivity contribution in [3.8, 4) is 11.5 Å². The molecule has 1 rings (SSSR count). The maximum atomic E-state index is 6.00. The van der Waals surface area contributed by atoms with Crippen LogP contribution in [0.3, 0.4) is 0 Å². The van der Waals surface area contributed by atoms with E-state index in [9.17, 15) is 0 Å². The van der Waals surface area contributed by atoms with Gasteiger partial charge in [-0.1, -0.05) is 12.1 Å². The Morgan fingerprint density at radius 3 is 2.46 bits per heavy atom. The number of hydrogen-bond donors (Lipinski definition) is 0. The van der Waals surface area contributed by atoms with Crippen molar-refractivity contribution in [1.29, 1.82) is 0 Å². The summed E-state index contributed by atoms with van der Waals surface area (Å²) in [6, 6.07) is 3.98. The largest absolute Gasteiger partial charge is 0.492 e. The first-order chi connectivity index (χ1) is 12.4. The van der Waals surface area contributed by atoms with Gasteiger partial charge in [0.25, 0.3) is 0 Å². The smallest absolute Gasteiger partial charge is 0.136 e. The molecule has 1 aromatic carbocycles. The standard InChI is InChI=1S/C19H26Br3NO3/c1-4-15-12-16(24-11-8-18(21)22)13-17(20)19(15)25-9-6-5-7-10-26-23-14(2)3/h8,12-13H,4-7,9-11H2,1-3H3. The van der Waals surface area contributed by atoms with Crippen molar-refractivity contribution in [2.24, 2.45) is 5.16 Å². The van der Waals surface area contributed by atoms with E-state index in [2.05, 4.69) is 59.9 Å². The molecule has 146 valence electrons. The van der Waals surface area contributed by atoms with Gasteiger partial charge in [-0.25, -0.2) is 0 Å². The zero-order valence-electron chi connectivity index (χ0n) is 15.5. The molecule has 7 heteroatoms. The molecule has 0 aromatic heterocycles. The van der Waals surface area contributed by atoms with E-state index in [-0.39, 0.29) is 0 Å². The Kier molecular flexibility index (Phi) is 12.3. The van der Waals surface area contributed by atoms with Gasteiger partial charge in [0.15, 0.2) is 0 Å². The zero-order valence-corrected chi connectivity index (χ0v) is 20.2. The van der Waals surface area contributed by atoms with Crippen molar-refractivity contribution in [1.82, 2.24) is 0 Å². The van der Waals surface area contributed by atoms with E-state index < -0.39 is 0 Å². The number of nitrogens with zero attached hydrogens (tertiary/aromatic N) is 1. The fourth-order valence-electron chi connectivity index (χ4n) is 2.13. The van der Waals surface area contributed by atoms with E-state index in [0.29, 0.717) is 19.8 Å². The lowest BCUT2D eigenvalue weighted by Crippen LogP contribution is -2.03. The van der Waals surface area contributed by atoms with Gasteiger partial charge in [0.2, 0.25) is 0 Å². The molecular weight excluding hydrogens is 530 g/mol. The Labute approximate surface area is 181 Å². The Bertz CT molecular complexity index is 610. The minimum Gasteiger partial charge on any atom is -0.492 e. The Hall–Kier alpha value is -0.530. The summed E-state index contributed by atoms with van der Waals surface area (Å²) in [6.07, 6.45) is 5.79. The average Bonchev–Trinajstić information content (AvgIpc) is 2.57. The molecular formula is C19H26Br3NO3. The number of oxime groups is 1. The van der Waals surface area contributed by atoms with Gasteiger partial charge >= 0.3 is 0 Å². The van der Waals surface area contributed by atoms with E-state index in [1.165, 1.54) is 0 Å². The van der Waals surface area contributed by atoms with Crippen molar-refractivity contribution in [2.75, 3.05) is 19.8 Å². The van der Waals surface area contributed by atoms with Crippen LogP contribution >= 0.6 is 47.8 Å². The highest BCUT2D eigenvalue weighted by Gasteiger charge is 2.10. The Morgan fingerprint density at radius 2 is 1.81 bits per heavy atom. The Morgan fingerprint density at radius 1 is 1.08 bits per heavy atom. The summed E-state index contributed by atoms with van der Waals surface area (Å²) >= 11 is 10.2. The van der Waals surface area contributed by atoms with Crippen molar-refractivity contribution in [3.63, 3.8) is 0 Å². The number of unbranched alkanes of at least 4 members (excludes halogenated alkanes) is 2. The summed E-state index contributed by atoms with van der Waals surface area (Å²) in [5, 5.41) is 3.92. The van der Waals surface area contributed by atoms with Crippen LogP contribution < -0.4 is 9.47 Å². The van der Waals surface area contributed by atoms with Gasteiger partial charge < -0.3 is 14.3 Å². The van der Waals surface area contributed by atoms with Crippen molar-refractivity contribution in [2.45, 2.75) is 46.5 Å². The minimum absolute atomic E-state index is 0.491. The van der Waals surface area contributed by atoms with Gasteiger partial charge in [-0.15, -0.1) is 0 Å². The predicted molar refractivity (Wildman–Crippen MR) is 119 cm³/mol. The lowest BCUT2D eigenvalue weighted by molar-refractivity contribution is 0.138. The highest BCUT2D eigenvalue weighted by atomic mass is 79.9. The fraction of sp³-hybridized carbons (Fsp3) is 0.526. The molecule has 0 spiro atoms. The van der Waals surface area contributed by atoms with Crippen LogP contribution in [0.4, 0.5) is 0 Å². The molecule has 1 aromatic rings. The first-order valence-corrected chi connectivity index (χ1v) is 11.0. The van der Waals surface area contributed by atoms with Gasteiger partial charge in [-0.3, -0.25) is 0 Å². The van der Waals surface area contributed by atoms with E-state index >= 15 is 0 Å². The molecule has 0 saturated heterocycles. The van der Waals surface area contributed by atoms with E-state index in [1.807, 2.05) is 32.1 Å². The number of ether oxygens (including phenoxy) is 2. The molecule has 0 radical (unpaired) electrons. The number of rotatable bonds is 12. The van der Waals surface area contributed by atoms with Crippen LogP contribution in [0.1, 0.15) is 45.6 Å². The van der Waals surface area contributed by atoms with E-state index in [0.717, 1.165) is 56.3 Å². The van der Waals surface area contributed by atoms with Crippen molar-refractivity contribution >= 4 is 53.5 Å². The number of hydrogen-bond acceptors (Lipinski definition) is 4. The van der Waals surface area contributed by atoms with Gasteiger partial charge in [-0.05, 0) is 111 Å². The molecule has 0 unspecified atom stereocenters. The molecule has 0 fully saturated rings. The van der Waals surface area contributed by atoms with Gasteiger partial charge in [0, 0.05) is 0 Å². The summed E-state index contributed by atoms with van der Waals surface area (Å²) < 4.78 is 13.5. The second-order valence-corrected chi connectivity index (χ2v) is 9.46. The molecule has 0 saturated carbocycles. The van der Waals surface area contributed by atoms with Gasteiger partial charge in [0.05, 0.1) is 20.2 Å². The fourth-order valence-corrected chi connectivity index (χ4v) is 2.98. The summed E-state index contributed by atoms with van der Waals surface area (Å²) in [5.41, 5.74) is 2.07. The molecule has 0 bridgehead atoms. The third-order valence-corrected chi connectivity index (χ3v) is 4.57. The predicted octanol–water partition coefficient (Wildman–Crippen LogP) is 6.98. The maximum absolute atomic E-state index is 6.00. The normalized spacial score (nSPS) is 10.2. The summed E-state index contributed by atoms with van der Waals surface area (Å²) in [7, 11) is 0. The summed E-state index contributed by atoms with van der Waals surface area (Å²) in [6.45, 7) is 7.78. The average molecular weight is 556 g/mol. The van der Waals surface area contributed by atoms with Crippen LogP contribution in [-0.2, 0) is 11.3 Å². The van der Waals surface area contributed by atoms with Crippen molar-refractivity contribution < 1.29 is 14.3 Å². The lowest BCUT2D eigenvalue weighted by Gasteiger charge is -2.15.